The summed E-state index contributed by atoms with van der Waals surface area (Å²) in [5.41, 5.74) is 0.967. The van der Waals surface area contributed by atoms with Crippen molar-refractivity contribution >= 4 is 33.6 Å². The second-order valence-electron chi connectivity index (χ2n) is 4.04. The Morgan fingerprint density at radius 3 is 2.68 bits per heavy atom. The molecule has 0 spiro atoms. The maximum atomic E-state index is 13.5. The number of halogens is 3. The van der Waals surface area contributed by atoms with Gasteiger partial charge in [-0.05, 0) is 46.9 Å². The maximum Gasteiger partial charge on any atom is 0.153 e. The molecule has 0 unspecified atom stereocenters. The highest BCUT2D eigenvalue weighted by Gasteiger charge is 2.12. The lowest BCUT2D eigenvalue weighted by molar-refractivity contribution is 0.471. The third-order valence-electron chi connectivity index (χ3n) is 2.72. The number of phenols is 1. The number of aromatic amines is 1. The number of hydrogen-bond donors (Lipinski definition) is 2. The van der Waals surface area contributed by atoms with Gasteiger partial charge in [0, 0.05) is 11.6 Å². The summed E-state index contributed by atoms with van der Waals surface area (Å²) in [6, 6.07) is 6.95. The number of hydrogen-bond acceptors (Lipinski definition) is 2. The van der Waals surface area contributed by atoms with E-state index in [4.69, 9.17) is 0 Å². The summed E-state index contributed by atoms with van der Waals surface area (Å²) in [6.07, 6.45) is 0. The smallest absolute Gasteiger partial charge is 0.153 e. The van der Waals surface area contributed by atoms with Crippen LogP contribution in [0, 0.1) is 15.2 Å². The van der Waals surface area contributed by atoms with Crippen molar-refractivity contribution < 1.29 is 13.9 Å². The van der Waals surface area contributed by atoms with E-state index < -0.39 is 11.6 Å². The first-order chi connectivity index (χ1) is 9.04. The van der Waals surface area contributed by atoms with Crippen molar-refractivity contribution in [3.8, 4) is 17.1 Å². The van der Waals surface area contributed by atoms with Crippen molar-refractivity contribution in [1.29, 1.82) is 0 Å². The molecule has 1 aromatic heterocycles. The van der Waals surface area contributed by atoms with Gasteiger partial charge in [0.05, 0.1) is 9.09 Å². The van der Waals surface area contributed by atoms with E-state index in [0.29, 0.717) is 15.0 Å². The van der Waals surface area contributed by atoms with Crippen LogP contribution < -0.4 is 0 Å². The van der Waals surface area contributed by atoms with Crippen molar-refractivity contribution in [2.24, 2.45) is 0 Å². The van der Waals surface area contributed by atoms with E-state index in [1.807, 2.05) is 22.6 Å². The van der Waals surface area contributed by atoms with Crippen molar-refractivity contribution in [3.63, 3.8) is 0 Å². The quantitative estimate of drug-likeness (QED) is 0.639. The minimum absolute atomic E-state index is 0.0782. The zero-order chi connectivity index (χ0) is 13.6. The molecule has 0 aliphatic rings. The van der Waals surface area contributed by atoms with Gasteiger partial charge in [0.2, 0.25) is 0 Å². The van der Waals surface area contributed by atoms with Crippen LogP contribution in [0.3, 0.4) is 0 Å². The van der Waals surface area contributed by atoms with Gasteiger partial charge < -0.3 is 10.1 Å². The van der Waals surface area contributed by atoms with Crippen molar-refractivity contribution in [3.05, 3.63) is 45.5 Å². The molecule has 1 heterocycles. The third-order valence-corrected chi connectivity index (χ3v) is 3.64. The average Bonchev–Trinajstić information content (AvgIpc) is 2.76. The highest BCUT2D eigenvalue weighted by molar-refractivity contribution is 14.1. The highest BCUT2D eigenvalue weighted by atomic mass is 127. The van der Waals surface area contributed by atoms with Gasteiger partial charge in [-0.25, -0.2) is 13.8 Å². The van der Waals surface area contributed by atoms with Crippen LogP contribution in [0.25, 0.3) is 22.4 Å². The van der Waals surface area contributed by atoms with E-state index in [-0.39, 0.29) is 16.8 Å². The van der Waals surface area contributed by atoms with E-state index in [2.05, 4.69) is 9.97 Å². The van der Waals surface area contributed by atoms with E-state index in [0.717, 1.165) is 6.07 Å². The summed E-state index contributed by atoms with van der Waals surface area (Å²) in [5, 5.41) is 9.65. The zero-order valence-electron chi connectivity index (χ0n) is 9.42. The number of rotatable bonds is 1. The molecule has 0 atom stereocenters. The van der Waals surface area contributed by atoms with Crippen LogP contribution in [0.5, 0.6) is 5.75 Å². The van der Waals surface area contributed by atoms with Gasteiger partial charge in [0.15, 0.2) is 5.82 Å². The largest absolute Gasteiger partial charge is 0.507 e. The van der Waals surface area contributed by atoms with Crippen LogP contribution >= 0.6 is 22.6 Å². The zero-order valence-corrected chi connectivity index (χ0v) is 11.6. The number of nitrogens with zero attached hydrogens (tertiary/aromatic N) is 1. The number of fused-ring (bicyclic) bond motifs is 1. The molecule has 3 aromatic rings. The minimum atomic E-state index is -0.716. The van der Waals surface area contributed by atoms with Crippen LogP contribution in [0.4, 0.5) is 8.78 Å². The van der Waals surface area contributed by atoms with E-state index in [1.54, 1.807) is 12.1 Å². The summed E-state index contributed by atoms with van der Waals surface area (Å²) < 4.78 is 27.3. The number of benzene rings is 2. The fourth-order valence-electron chi connectivity index (χ4n) is 1.84. The van der Waals surface area contributed by atoms with E-state index in [1.165, 1.54) is 12.1 Å². The molecule has 2 aromatic carbocycles. The number of nitrogens with one attached hydrogen (secondary N) is 1. The monoisotopic (exact) mass is 372 g/mol. The molecule has 0 saturated carbocycles. The molecule has 0 aliphatic heterocycles. The standard InChI is InChI=1S/C13H7F2IN2O/c14-7-4-8(15)12-10(5-7)17-13(18-12)6-1-2-9(16)11(19)3-6/h1-5,19H,(H,17,18). The molecule has 6 heteroatoms. The normalized spacial score (nSPS) is 11.1. The average molecular weight is 372 g/mol. The number of H-pyrrole nitrogens is 1. The van der Waals surface area contributed by atoms with Crippen molar-refractivity contribution in [2.75, 3.05) is 0 Å². The van der Waals surface area contributed by atoms with Crippen LogP contribution in [-0.2, 0) is 0 Å². The third kappa shape index (κ3) is 2.16. The summed E-state index contributed by atoms with van der Waals surface area (Å²) >= 11 is 1.99. The number of aromatic hydroxyl groups is 1. The van der Waals surface area contributed by atoms with Crippen LogP contribution in [0.1, 0.15) is 0 Å². The molecule has 0 fully saturated rings. The van der Waals surface area contributed by atoms with Crippen LogP contribution in [0.2, 0.25) is 0 Å². The number of phenolic OH excluding ortho intramolecular Hbond substituents is 1. The fourth-order valence-corrected chi connectivity index (χ4v) is 2.17. The first-order valence-electron chi connectivity index (χ1n) is 5.38. The maximum absolute atomic E-state index is 13.5. The predicted octanol–water partition coefficient (Wildman–Crippen LogP) is 3.82. The molecule has 0 radical (unpaired) electrons. The number of imidazole rings is 1. The van der Waals surface area contributed by atoms with E-state index >= 15 is 0 Å². The van der Waals surface area contributed by atoms with Gasteiger partial charge in [-0.2, -0.15) is 0 Å². The molecular formula is C13H7F2IN2O. The second kappa shape index (κ2) is 4.44. The summed E-state index contributed by atoms with van der Waals surface area (Å²) in [5.74, 6) is -0.880. The first kappa shape index (κ1) is 12.3. The fraction of sp³-hybridized carbons (Fsp3) is 0. The van der Waals surface area contributed by atoms with Crippen LogP contribution in [0.15, 0.2) is 30.3 Å². The van der Waals surface area contributed by atoms with Gasteiger partial charge in [-0.3, -0.25) is 0 Å². The Morgan fingerprint density at radius 1 is 1.16 bits per heavy atom. The minimum Gasteiger partial charge on any atom is -0.507 e. The topological polar surface area (TPSA) is 48.9 Å². The SMILES string of the molecule is Oc1cc(-c2nc3c(F)cc(F)cc3[nH]2)ccc1I. The molecular weight excluding hydrogens is 365 g/mol. The van der Waals surface area contributed by atoms with Crippen molar-refractivity contribution in [2.45, 2.75) is 0 Å². The van der Waals surface area contributed by atoms with Gasteiger partial charge in [0.1, 0.15) is 22.9 Å². The van der Waals surface area contributed by atoms with Gasteiger partial charge in [-0.1, -0.05) is 0 Å². The molecule has 0 bridgehead atoms. The lowest BCUT2D eigenvalue weighted by Crippen LogP contribution is -1.82. The Labute approximate surface area is 120 Å². The van der Waals surface area contributed by atoms with Crippen molar-refractivity contribution in [1.82, 2.24) is 9.97 Å². The Balaban J connectivity index is 2.20. The lowest BCUT2D eigenvalue weighted by atomic mass is 10.2. The van der Waals surface area contributed by atoms with Gasteiger partial charge in [-0.15, -0.1) is 0 Å². The summed E-state index contributed by atoms with van der Waals surface area (Å²) in [7, 11) is 0. The Hall–Kier alpha value is -1.70. The molecule has 3 nitrogen and oxygen atoms in total. The first-order valence-corrected chi connectivity index (χ1v) is 6.46. The predicted molar refractivity (Wildman–Crippen MR) is 75.8 cm³/mol. The Morgan fingerprint density at radius 2 is 1.95 bits per heavy atom. The Kier molecular flexibility index (Phi) is 2.89. The Bertz CT molecular complexity index is 786. The molecule has 0 saturated heterocycles. The second-order valence-corrected chi connectivity index (χ2v) is 5.20. The number of aromatic nitrogens is 2. The van der Waals surface area contributed by atoms with Gasteiger partial charge >= 0.3 is 0 Å². The molecule has 19 heavy (non-hydrogen) atoms. The van der Waals surface area contributed by atoms with Gasteiger partial charge in [0.25, 0.3) is 0 Å². The summed E-state index contributed by atoms with van der Waals surface area (Å²) in [4.78, 5) is 6.92. The van der Waals surface area contributed by atoms with Crippen LogP contribution in [-0.4, -0.2) is 15.1 Å². The molecule has 96 valence electrons. The summed E-state index contributed by atoms with van der Waals surface area (Å²) in [6.45, 7) is 0. The molecule has 2 N–H and O–H groups in total. The highest BCUT2D eigenvalue weighted by Crippen LogP contribution is 2.28. The molecule has 3 rings (SSSR count). The van der Waals surface area contributed by atoms with E-state index in [9.17, 15) is 13.9 Å². The molecule has 0 aliphatic carbocycles. The lowest BCUT2D eigenvalue weighted by Gasteiger charge is -1.99. The molecule has 0 amide bonds.